The number of piperidine rings is 1. The number of nitrogens with two attached hydrogens (primary N) is 1. The van der Waals surface area contributed by atoms with Gasteiger partial charge < -0.3 is 10.6 Å². The van der Waals surface area contributed by atoms with Gasteiger partial charge in [0.1, 0.15) is 0 Å². The fraction of sp³-hybridized carbons (Fsp3) is 0.625. The SMILES string of the molecule is CCC1CCCN(c2ccc(CCN)c(C)c2)C1. The second-order valence-corrected chi connectivity index (χ2v) is 5.51. The maximum Gasteiger partial charge on any atom is 0.0369 e. The fourth-order valence-electron chi connectivity index (χ4n) is 2.95. The molecule has 0 aromatic heterocycles. The molecule has 1 unspecified atom stereocenters. The fourth-order valence-corrected chi connectivity index (χ4v) is 2.95. The molecule has 18 heavy (non-hydrogen) atoms. The first kappa shape index (κ1) is 13.4. The van der Waals surface area contributed by atoms with E-state index in [0.29, 0.717) is 0 Å². The number of rotatable bonds is 4. The quantitative estimate of drug-likeness (QED) is 0.884. The Morgan fingerprint density at radius 2 is 2.22 bits per heavy atom. The van der Waals surface area contributed by atoms with Crippen molar-refractivity contribution < 1.29 is 0 Å². The smallest absolute Gasteiger partial charge is 0.0369 e. The molecular formula is C16H26N2. The van der Waals surface area contributed by atoms with Crippen LogP contribution in [0.5, 0.6) is 0 Å². The highest BCUT2D eigenvalue weighted by Crippen LogP contribution is 2.26. The number of aryl methyl sites for hydroxylation is 1. The summed E-state index contributed by atoms with van der Waals surface area (Å²) in [5.41, 5.74) is 9.81. The van der Waals surface area contributed by atoms with Crippen molar-refractivity contribution >= 4 is 5.69 Å². The highest BCUT2D eigenvalue weighted by Gasteiger charge is 2.18. The van der Waals surface area contributed by atoms with E-state index in [1.807, 2.05) is 0 Å². The summed E-state index contributed by atoms with van der Waals surface area (Å²) < 4.78 is 0. The van der Waals surface area contributed by atoms with Crippen LogP contribution in [0.1, 0.15) is 37.3 Å². The molecule has 1 aliphatic rings. The van der Waals surface area contributed by atoms with Crippen LogP contribution in [0.15, 0.2) is 18.2 Å². The van der Waals surface area contributed by atoms with Gasteiger partial charge in [-0.2, -0.15) is 0 Å². The molecule has 2 nitrogen and oxygen atoms in total. The first-order valence-electron chi connectivity index (χ1n) is 7.29. The van der Waals surface area contributed by atoms with E-state index in [2.05, 4.69) is 36.9 Å². The van der Waals surface area contributed by atoms with Gasteiger partial charge in [-0.15, -0.1) is 0 Å². The Kier molecular flexibility index (Phi) is 4.65. The molecule has 0 spiro atoms. The van der Waals surface area contributed by atoms with E-state index in [-0.39, 0.29) is 0 Å². The van der Waals surface area contributed by atoms with E-state index in [1.54, 1.807) is 0 Å². The molecule has 2 N–H and O–H groups in total. The zero-order valence-corrected chi connectivity index (χ0v) is 11.8. The second-order valence-electron chi connectivity index (χ2n) is 5.51. The van der Waals surface area contributed by atoms with E-state index >= 15 is 0 Å². The van der Waals surface area contributed by atoms with Crippen molar-refractivity contribution in [2.45, 2.75) is 39.5 Å². The highest BCUT2D eigenvalue weighted by atomic mass is 15.1. The van der Waals surface area contributed by atoms with Crippen LogP contribution in [0.3, 0.4) is 0 Å². The van der Waals surface area contributed by atoms with Gasteiger partial charge in [0.2, 0.25) is 0 Å². The van der Waals surface area contributed by atoms with Gasteiger partial charge in [0.05, 0.1) is 0 Å². The van der Waals surface area contributed by atoms with Crippen molar-refractivity contribution in [2.24, 2.45) is 11.7 Å². The summed E-state index contributed by atoms with van der Waals surface area (Å²) in [4.78, 5) is 2.55. The lowest BCUT2D eigenvalue weighted by Crippen LogP contribution is -2.35. The molecule has 0 aliphatic carbocycles. The third-order valence-electron chi connectivity index (χ3n) is 4.20. The van der Waals surface area contributed by atoms with Gasteiger partial charge in [0.25, 0.3) is 0 Å². The predicted octanol–water partition coefficient (Wildman–Crippen LogP) is 3.12. The van der Waals surface area contributed by atoms with Gasteiger partial charge in [-0.25, -0.2) is 0 Å². The van der Waals surface area contributed by atoms with Crippen molar-refractivity contribution in [3.8, 4) is 0 Å². The summed E-state index contributed by atoms with van der Waals surface area (Å²) in [5.74, 6) is 0.878. The Labute approximate surface area is 111 Å². The van der Waals surface area contributed by atoms with Crippen molar-refractivity contribution in [1.29, 1.82) is 0 Å². The van der Waals surface area contributed by atoms with Gasteiger partial charge in [-0.3, -0.25) is 0 Å². The molecule has 0 saturated carbocycles. The number of hydrogen-bond donors (Lipinski definition) is 1. The lowest BCUT2D eigenvalue weighted by atomic mass is 9.95. The maximum atomic E-state index is 5.64. The Bertz CT molecular complexity index is 387. The summed E-state index contributed by atoms with van der Waals surface area (Å²) in [6.45, 7) is 7.69. The van der Waals surface area contributed by atoms with Crippen molar-refractivity contribution in [1.82, 2.24) is 0 Å². The van der Waals surface area contributed by atoms with Crippen LogP contribution < -0.4 is 10.6 Å². The number of anilines is 1. The Hall–Kier alpha value is -1.02. The molecule has 0 radical (unpaired) electrons. The van der Waals surface area contributed by atoms with Crippen molar-refractivity contribution in [3.63, 3.8) is 0 Å². The summed E-state index contributed by atoms with van der Waals surface area (Å²) in [7, 11) is 0. The monoisotopic (exact) mass is 246 g/mol. The van der Waals surface area contributed by atoms with Gasteiger partial charge in [0.15, 0.2) is 0 Å². The summed E-state index contributed by atoms with van der Waals surface area (Å²) in [5, 5.41) is 0. The van der Waals surface area contributed by atoms with Gasteiger partial charge in [-0.05, 0) is 61.9 Å². The predicted molar refractivity (Wildman–Crippen MR) is 79.2 cm³/mol. The van der Waals surface area contributed by atoms with Crippen LogP contribution in [-0.2, 0) is 6.42 Å². The molecule has 1 aliphatic heterocycles. The molecule has 1 atom stereocenters. The average molecular weight is 246 g/mol. The minimum atomic E-state index is 0.738. The highest BCUT2D eigenvalue weighted by molar-refractivity contribution is 5.51. The third kappa shape index (κ3) is 3.05. The molecule has 1 aromatic rings. The molecule has 1 aromatic carbocycles. The molecule has 1 fully saturated rings. The summed E-state index contributed by atoms with van der Waals surface area (Å²) in [6, 6.07) is 6.87. The van der Waals surface area contributed by atoms with Gasteiger partial charge in [-0.1, -0.05) is 19.4 Å². The first-order chi connectivity index (χ1) is 8.74. The normalized spacial score (nSPS) is 20.2. The van der Waals surface area contributed by atoms with E-state index in [0.717, 1.165) is 18.9 Å². The van der Waals surface area contributed by atoms with Crippen LogP contribution in [0.2, 0.25) is 0 Å². The van der Waals surface area contributed by atoms with Gasteiger partial charge in [0, 0.05) is 18.8 Å². The van der Waals surface area contributed by atoms with Crippen molar-refractivity contribution in [2.75, 3.05) is 24.5 Å². The minimum Gasteiger partial charge on any atom is -0.371 e. The van der Waals surface area contributed by atoms with Crippen LogP contribution in [0, 0.1) is 12.8 Å². The average Bonchev–Trinajstić information content (AvgIpc) is 2.41. The molecule has 1 saturated heterocycles. The summed E-state index contributed by atoms with van der Waals surface area (Å²) >= 11 is 0. The summed E-state index contributed by atoms with van der Waals surface area (Å²) in [6.07, 6.45) is 5.03. The van der Waals surface area contributed by atoms with Crippen LogP contribution >= 0.6 is 0 Å². The van der Waals surface area contributed by atoms with E-state index in [1.165, 1.54) is 49.2 Å². The van der Waals surface area contributed by atoms with Gasteiger partial charge >= 0.3 is 0 Å². The topological polar surface area (TPSA) is 29.3 Å². The minimum absolute atomic E-state index is 0.738. The number of nitrogens with zero attached hydrogens (tertiary/aromatic N) is 1. The molecule has 1 heterocycles. The largest absolute Gasteiger partial charge is 0.371 e. The zero-order valence-electron chi connectivity index (χ0n) is 11.8. The Balaban J connectivity index is 2.10. The standard InChI is InChI=1S/C16H26N2/c1-3-14-5-4-10-18(12-14)16-7-6-15(8-9-17)13(2)11-16/h6-7,11,14H,3-5,8-10,12,17H2,1-2H3. The molecule has 100 valence electrons. The van der Waals surface area contributed by atoms with E-state index < -0.39 is 0 Å². The maximum absolute atomic E-state index is 5.64. The molecule has 2 rings (SSSR count). The molecule has 0 amide bonds. The number of hydrogen-bond acceptors (Lipinski definition) is 2. The molecule has 0 bridgehead atoms. The van der Waals surface area contributed by atoms with E-state index in [4.69, 9.17) is 5.73 Å². The first-order valence-corrected chi connectivity index (χ1v) is 7.29. The second kappa shape index (κ2) is 6.24. The van der Waals surface area contributed by atoms with Crippen LogP contribution in [0.4, 0.5) is 5.69 Å². The van der Waals surface area contributed by atoms with Crippen molar-refractivity contribution in [3.05, 3.63) is 29.3 Å². The molecular weight excluding hydrogens is 220 g/mol. The lowest BCUT2D eigenvalue weighted by molar-refractivity contribution is 0.404. The molecule has 2 heteroatoms. The Morgan fingerprint density at radius 1 is 1.39 bits per heavy atom. The lowest BCUT2D eigenvalue weighted by Gasteiger charge is -2.34. The zero-order chi connectivity index (χ0) is 13.0. The van der Waals surface area contributed by atoms with Crippen LogP contribution in [0.25, 0.3) is 0 Å². The number of benzene rings is 1. The van der Waals surface area contributed by atoms with Crippen LogP contribution in [-0.4, -0.2) is 19.6 Å². The third-order valence-corrected chi connectivity index (χ3v) is 4.20. The Morgan fingerprint density at radius 3 is 2.89 bits per heavy atom. The van der Waals surface area contributed by atoms with E-state index in [9.17, 15) is 0 Å².